The second-order valence-electron chi connectivity index (χ2n) is 8.25. The average molecular weight is 427 g/mol. The lowest BCUT2D eigenvalue weighted by Gasteiger charge is -2.30. The number of carbonyl (C=O) groups is 3. The molecular formula is C23H30N4O4. The third-order valence-electron chi connectivity index (χ3n) is 6.45. The lowest BCUT2D eigenvalue weighted by Crippen LogP contribution is -2.36. The van der Waals surface area contributed by atoms with E-state index >= 15 is 0 Å². The maximum atomic E-state index is 12.8. The fraction of sp³-hybridized carbons (Fsp3) is 0.478. The molecule has 0 saturated carbocycles. The predicted octanol–water partition coefficient (Wildman–Crippen LogP) is 2.04. The van der Waals surface area contributed by atoms with Crippen LogP contribution in [-0.4, -0.2) is 62.6 Å². The van der Waals surface area contributed by atoms with Gasteiger partial charge in [0.15, 0.2) is 0 Å². The Morgan fingerprint density at radius 2 is 1.90 bits per heavy atom. The molecule has 31 heavy (non-hydrogen) atoms. The van der Waals surface area contributed by atoms with Gasteiger partial charge in [-0.3, -0.25) is 19.1 Å². The summed E-state index contributed by atoms with van der Waals surface area (Å²) < 4.78 is 1.82. The number of likely N-dealkylation sites (tertiary alicyclic amines) is 2. The normalized spacial score (nSPS) is 22.0. The lowest BCUT2D eigenvalue weighted by atomic mass is 9.87. The quantitative estimate of drug-likeness (QED) is 0.755. The molecule has 3 atom stereocenters. The van der Waals surface area contributed by atoms with Crippen molar-refractivity contribution in [3.63, 3.8) is 0 Å². The van der Waals surface area contributed by atoms with Gasteiger partial charge in [0.05, 0.1) is 6.04 Å². The molecule has 1 aromatic carbocycles. The standard InChI is InChI=1S/C22H28N4O2.CH2O2/c1-15-6-4-5-7-19(15)22-20-14-25(12-17(20)13-26(22)16(2)27)21(28)9-8-18-10-11-23-24(18)3;2-1-3/h4-7,10-11,17,20,22H,8-9,12-14H2,1-3H3;1H,(H,2,3)/t17-,20-,22+;/m1./s1. The number of rotatable bonds is 4. The lowest BCUT2D eigenvalue weighted by molar-refractivity contribution is -0.132. The van der Waals surface area contributed by atoms with Crippen LogP contribution in [0.4, 0.5) is 0 Å². The van der Waals surface area contributed by atoms with Crippen molar-refractivity contribution in [1.82, 2.24) is 19.6 Å². The summed E-state index contributed by atoms with van der Waals surface area (Å²) in [6, 6.07) is 10.3. The van der Waals surface area contributed by atoms with Crippen LogP contribution in [0.25, 0.3) is 0 Å². The fourth-order valence-corrected chi connectivity index (χ4v) is 4.93. The molecule has 0 radical (unpaired) electrons. The second kappa shape index (κ2) is 9.76. The van der Waals surface area contributed by atoms with Crippen LogP contribution in [0.2, 0.25) is 0 Å². The zero-order chi connectivity index (χ0) is 22.5. The molecule has 2 aliphatic rings. The van der Waals surface area contributed by atoms with Crippen LogP contribution in [0.5, 0.6) is 0 Å². The maximum Gasteiger partial charge on any atom is 0.290 e. The summed E-state index contributed by atoms with van der Waals surface area (Å²) in [7, 11) is 1.91. The van der Waals surface area contributed by atoms with Gasteiger partial charge in [-0.2, -0.15) is 5.10 Å². The number of nitrogens with zero attached hydrogens (tertiary/aromatic N) is 4. The van der Waals surface area contributed by atoms with E-state index < -0.39 is 0 Å². The highest BCUT2D eigenvalue weighted by Gasteiger charge is 2.49. The summed E-state index contributed by atoms with van der Waals surface area (Å²) >= 11 is 0. The van der Waals surface area contributed by atoms with Crippen molar-refractivity contribution in [3.05, 3.63) is 53.3 Å². The molecular weight excluding hydrogens is 396 g/mol. The molecule has 0 unspecified atom stereocenters. The number of hydrogen-bond donors (Lipinski definition) is 1. The molecule has 2 aromatic rings. The topological polar surface area (TPSA) is 95.7 Å². The summed E-state index contributed by atoms with van der Waals surface area (Å²) in [5.41, 5.74) is 3.50. The number of carbonyl (C=O) groups excluding carboxylic acids is 2. The minimum atomic E-state index is -0.250. The Balaban J connectivity index is 0.000000858. The third-order valence-corrected chi connectivity index (χ3v) is 6.45. The van der Waals surface area contributed by atoms with Crippen molar-refractivity contribution >= 4 is 18.3 Å². The van der Waals surface area contributed by atoms with Gasteiger partial charge < -0.3 is 14.9 Å². The Labute approximate surface area is 182 Å². The van der Waals surface area contributed by atoms with Gasteiger partial charge >= 0.3 is 0 Å². The van der Waals surface area contributed by atoms with Gasteiger partial charge in [-0.25, -0.2) is 0 Å². The van der Waals surface area contributed by atoms with E-state index in [2.05, 4.69) is 24.2 Å². The average Bonchev–Trinajstić information content (AvgIpc) is 3.41. The first-order valence-electron chi connectivity index (χ1n) is 10.5. The van der Waals surface area contributed by atoms with Gasteiger partial charge in [-0.15, -0.1) is 0 Å². The largest absolute Gasteiger partial charge is 0.483 e. The van der Waals surface area contributed by atoms with Crippen molar-refractivity contribution in [2.24, 2.45) is 18.9 Å². The molecule has 2 saturated heterocycles. The zero-order valence-electron chi connectivity index (χ0n) is 18.3. The highest BCUT2D eigenvalue weighted by atomic mass is 16.3. The van der Waals surface area contributed by atoms with Crippen molar-refractivity contribution < 1.29 is 19.5 Å². The molecule has 8 heteroatoms. The van der Waals surface area contributed by atoms with E-state index in [0.717, 1.165) is 25.3 Å². The molecule has 2 fully saturated rings. The summed E-state index contributed by atoms with van der Waals surface area (Å²) in [6.45, 7) is 5.74. The van der Waals surface area contributed by atoms with E-state index in [1.54, 1.807) is 13.1 Å². The maximum absolute atomic E-state index is 12.8. The van der Waals surface area contributed by atoms with E-state index in [0.29, 0.717) is 24.7 Å². The number of hydrogen-bond acceptors (Lipinski definition) is 4. The molecule has 0 aliphatic carbocycles. The smallest absolute Gasteiger partial charge is 0.290 e. The third kappa shape index (κ3) is 4.78. The van der Waals surface area contributed by atoms with Gasteiger partial charge in [0, 0.05) is 63.8 Å². The summed E-state index contributed by atoms with van der Waals surface area (Å²) in [5, 5.41) is 11.1. The summed E-state index contributed by atoms with van der Waals surface area (Å²) in [5.74, 6) is 0.991. The minimum Gasteiger partial charge on any atom is -0.483 e. The molecule has 4 rings (SSSR count). The molecule has 0 spiro atoms. The fourth-order valence-electron chi connectivity index (χ4n) is 4.93. The highest BCUT2D eigenvalue weighted by Crippen LogP contribution is 2.45. The molecule has 166 valence electrons. The van der Waals surface area contributed by atoms with E-state index in [4.69, 9.17) is 9.90 Å². The Hall–Kier alpha value is -3.16. The number of aromatic nitrogens is 2. The SMILES string of the molecule is CC(=O)N1C[C@H]2CN(C(=O)CCc3ccnn3C)C[C@H]2[C@@H]1c1ccccc1C.O=CO. The van der Waals surface area contributed by atoms with Gasteiger partial charge in [0.2, 0.25) is 11.8 Å². The molecule has 8 nitrogen and oxygen atoms in total. The van der Waals surface area contributed by atoms with Crippen LogP contribution in [0.15, 0.2) is 36.5 Å². The number of carboxylic acid groups (broad SMARTS) is 1. The summed E-state index contributed by atoms with van der Waals surface area (Å²) in [6.07, 6.45) is 2.98. The first-order valence-corrected chi connectivity index (χ1v) is 10.5. The monoisotopic (exact) mass is 426 g/mol. The van der Waals surface area contributed by atoms with Crippen LogP contribution in [0.1, 0.15) is 36.2 Å². The number of amides is 2. The van der Waals surface area contributed by atoms with Gasteiger partial charge in [-0.05, 0) is 30.5 Å². The Morgan fingerprint density at radius 3 is 2.52 bits per heavy atom. The second-order valence-corrected chi connectivity index (χ2v) is 8.25. The zero-order valence-corrected chi connectivity index (χ0v) is 18.3. The van der Waals surface area contributed by atoms with Crippen LogP contribution >= 0.6 is 0 Å². The van der Waals surface area contributed by atoms with Crippen molar-refractivity contribution in [1.29, 1.82) is 0 Å². The first-order chi connectivity index (χ1) is 14.9. The van der Waals surface area contributed by atoms with Crippen molar-refractivity contribution in [2.75, 3.05) is 19.6 Å². The number of aryl methyl sites for hydroxylation is 3. The number of fused-ring (bicyclic) bond motifs is 1. The Kier molecular flexibility index (Phi) is 7.09. The van der Waals surface area contributed by atoms with Gasteiger partial charge in [0.1, 0.15) is 0 Å². The van der Waals surface area contributed by atoms with E-state index in [1.165, 1.54) is 11.1 Å². The Morgan fingerprint density at radius 1 is 1.19 bits per heavy atom. The van der Waals surface area contributed by atoms with E-state index in [-0.39, 0.29) is 24.3 Å². The van der Waals surface area contributed by atoms with Crippen LogP contribution in [-0.2, 0) is 27.9 Å². The molecule has 2 amide bonds. The van der Waals surface area contributed by atoms with Crippen molar-refractivity contribution in [3.8, 4) is 0 Å². The van der Waals surface area contributed by atoms with Crippen LogP contribution in [0.3, 0.4) is 0 Å². The van der Waals surface area contributed by atoms with Crippen LogP contribution < -0.4 is 0 Å². The van der Waals surface area contributed by atoms with Gasteiger partial charge in [0.25, 0.3) is 6.47 Å². The molecule has 3 heterocycles. The predicted molar refractivity (Wildman–Crippen MR) is 115 cm³/mol. The summed E-state index contributed by atoms with van der Waals surface area (Å²) in [4.78, 5) is 37.5. The molecule has 1 aromatic heterocycles. The Bertz CT molecular complexity index is 941. The highest BCUT2D eigenvalue weighted by molar-refractivity contribution is 5.77. The molecule has 2 aliphatic heterocycles. The molecule has 0 bridgehead atoms. The first kappa shape index (κ1) is 22.5. The number of benzene rings is 1. The minimum absolute atomic E-state index is 0.0681. The van der Waals surface area contributed by atoms with Crippen molar-refractivity contribution in [2.45, 2.75) is 32.7 Å². The van der Waals surface area contributed by atoms with Crippen LogP contribution in [0, 0.1) is 18.8 Å². The molecule has 1 N–H and O–H groups in total. The van der Waals surface area contributed by atoms with Gasteiger partial charge in [-0.1, -0.05) is 24.3 Å². The van der Waals surface area contributed by atoms with E-state index in [9.17, 15) is 9.59 Å². The van der Waals surface area contributed by atoms with E-state index in [1.807, 2.05) is 39.7 Å².